The molecule has 0 aliphatic rings. The molecule has 1 aromatic heterocycles. The van der Waals surface area contributed by atoms with Gasteiger partial charge in [-0.3, -0.25) is 4.79 Å². The zero-order chi connectivity index (χ0) is 12.8. The predicted octanol–water partition coefficient (Wildman–Crippen LogP) is 1.78. The number of carboxylic acids is 1. The van der Waals surface area contributed by atoms with Gasteiger partial charge in [0.25, 0.3) is 0 Å². The molecule has 0 spiro atoms. The number of hydrogen-bond acceptors (Lipinski definition) is 3. The van der Waals surface area contributed by atoms with Crippen LogP contribution in [0, 0.1) is 0 Å². The van der Waals surface area contributed by atoms with Crippen molar-refractivity contribution < 1.29 is 14.7 Å². The fourth-order valence-electron chi connectivity index (χ4n) is 1.33. The molecule has 1 amide bonds. The van der Waals surface area contributed by atoms with Gasteiger partial charge in [-0.2, -0.15) is 0 Å². The number of hydrogen-bond donors (Lipinski definition) is 1. The third kappa shape index (κ3) is 4.40. The summed E-state index contributed by atoms with van der Waals surface area (Å²) >= 11 is 1.65. The first kappa shape index (κ1) is 13.4. The molecule has 4 nitrogen and oxygen atoms in total. The first-order valence-corrected chi connectivity index (χ1v) is 6.09. The lowest BCUT2D eigenvalue weighted by Gasteiger charge is -2.23. The van der Waals surface area contributed by atoms with Crippen molar-refractivity contribution in [3.63, 3.8) is 0 Å². The van der Waals surface area contributed by atoms with E-state index in [4.69, 9.17) is 5.11 Å². The monoisotopic (exact) mass is 253 g/mol. The fraction of sp³-hybridized carbons (Fsp3) is 0.333. The second-order valence-electron chi connectivity index (χ2n) is 3.75. The van der Waals surface area contributed by atoms with E-state index < -0.39 is 5.97 Å². The molecule has 5 heteroatoms. The molecule has 17 heavy (non-hydrogen) atoms. The molecular formula is C12H15NO3S. The fourth-order valence-corrected chi connectivity index (χ4v) is 2.16. The quantitative estimate of drug-likeness (QED) is 0.814. The van der Waals surface area contributed by atoms with Gasteiger partial charge in [0.2, 0.25) is 5.91 Å². The minimum atomic E-state index is -1.11. The van der Waals surface area contributed by atoms with Gasteiger partial charge in [-0.15, -0.1) is 11.3 Å². The van der Waals surface area contributed by atoms with E-state index in [-0.39, 0.29) is 11.9 Å². The number of carbonyl (C=O) groups excluding carboxylic acids is 1. The molecule has 1 N–H and O–H groups in total. The summed E-state index contributed by atoms with van der Waals surface area (Å²) in [7, 11) is 1.67. The maximum absolute atomic E-state index is 11.6. The van der Waals surface area contributed by atoms with Crippen molar-refractivity contribution in [3.8, 4) is 0 Å². The van der Waals surface area contributed by atoms with E-state index in [0.29, 0.717) is 0 Å². The normalized spacial score (nSPS) is 12.6. The first-order chi connectivity index (χ1) is 8.00. The summed E-state index contributed by atoms with van der Waals surface area (Å²) in [6.07, 6.45) is 2.71. The molecule has 0 aliphatic heterocycles. The first-order valence-electron chi connectivity index (χ1n) is 5.21. The summed E-state index contributed by atoms with van der Waals surface area (Å²) < 4.78 is 0. The molecule has 1 heterocycles. The zero-order valence-electron chi connectivity index (χ0n) is 9.79. The predicted molar refractivity (Wildman–Crippen MR) is 67.0 cm³/mol. The topological polar surface area (TPSA) is 57.6 Å². The van der Waals surface area contributed by atoms with Gasteiger partial charge < -0.3 is 10.0 Å². The van der Waals surface area contributed by atoms with Crippen LogP contribution in [0.5, 0.6) is 0 Å². The van der Waals surface area contributed by atoms with Crippen LogP contribution in [0.1, 0.15) is 11.8 Å². The van der Waals surface area contributed by atoms with Crippen LogP contribution in [0.25, 0.3) is 0 Å². The van der Waals surface area contributed by atoms with Crippen molar-refractivity contribution in [2.75, 3.05) is 7.05 Å². The van der Waals surface area contributed by atoms with Gasteiger partial charge in [0, 0.05) is 36.5 Å². The number of rotatable bonds is 5. The van der Waals surface area contributed by atoms with E-state index in [2.05, 4.69) is 0 Å². The Morgan fingerprint density at radius 2 is 2.24 bits per heavy atom. The maximum Gasteiger partial charge on any atom is 0.328 e. The second-order valence-corrected chi connectivity index (χ2v) is 4.79. The van der Waals surface area contributed by atoms with E-state index in [1.165, 1.54) is 4.88 Å². The minimum Gasteiger partial charge on any atom is -0.478 e. The average Bonchev–Trinajstić information content (AvgIpc) is 2.77. The van der Waals surface area contributed by atoms with Crippen LogP contribution in [-0.2, 0) is 16.0 Å². The lowest BCUT2D eigenvalue weighted by molar-refractivity contribution is -0.132. The molecule has 0 saturated heterocycles. The molecule has 1 atom stereocenters. The van der Waals surface area contributed by atoms with Crippen LogP contribution in [0.3, 0.4) is 0 Å². The number of aliphatic carboxylic acids is 1. The highest BCUT2D eigenvalue weighted by molar-refractivity contribution is 7.09. The highest BCUT2D eigenvalue weighted by Gasteiger charge is 2.14. The lowest BCUT2D eigenvalue weighted by atomic mass is 10.2. The number of thiophene rings is 1. The SMILES string of the molecule is CC(Cc1cccs1)N(C)C(=O)C=CC(=O)O. The van der Waals surface area contributed by atoms with Crippen LogP contribution in [0.15, 0.2) is 29.7 Å². The largest absolute Gasteiger partial charge is 0.478 e. The molecule has 1 aromatic rings. The lowest BCUT2D eigenvalue weighted by Crippen LogP contribution is -2.35. The van der Waals surface area contributed by atoms with Crippen molar-refractivity contribution in [2.45, 2.75) is 19.4 Å². The van der Waals surface area contributed by atoms with Gasteiger partial charge in [-0.25, -0.2) is 4.79 Å². The highest BCUT2D eigenvalue weighted by atomic mass is 32.1. The Labute approximate surface area is 104 Å². The molecule has 0 aromatic carbocycles. The molecule has 0 bridgehead atoms. The summed E-state index contributed by atoms with van der Waals surface area (Å²) in [5.41, 5.74) is 0. The van der Waals surface area contributed by atoms with E-state index in [9.17, 15) is 9.59 Å². The highest BCUT2D eigenvalue weighted by Crippen LogP contribution is 2.13. The van der Waals surface area contributed by atoms with Gasteiger partial charge >= 0.3 is 5.97 Å². The van der Waals surface area contributed by atoms with Crippen molar-refractivity contribution >= 4 is 23.2 Å². The van der Waals surface area contributed by atoms with Crippen molar-refractivity contribution in [3.05, 3.63) is 34.5 Å². The third-order valence-corrected chi connectivity index (χ3v) is 3.35. The summed E-state index contributed by atoms with van der Waals surface area (Å²) in [6, 6.07) is 4.03. The zero-order valence-corrected chi connectivity index (χ0v) is 10.6. The molecular weight excluding hydrogens is 238 g/mol. The Morgan fingerprint density at radius 3 is 2.76 bits per heavy atom. The molecule has 1 rings (SSSR count). The van der Waals surface area contributed by atoms with Gasteiger partial charge in [0.05, 0.1) is 0 Å². The van der Waals surface area contributed by atoms with Crippen molar-refractivity contribution in [1.82, 2.24) is 4.90 Å². The van der Waals surface area contributed by atoms with Gasteiger partial charge in [0.1, 0.15) is 0 Å². The number of amides is 1. The van der Waals surface area contributed by atoms with Crippen LogP contribution in [0.2, 0.25) is 0 Å². The summed E-state index contributed by atoms with van der Waals surface area (Å²) in [5, 5.41) is 10.4. The minimum absolute atomic E-state index is 0.0413. The Balaban J connectivity index is 2.54. The van der Waals surface area contributed by atoms with Crippen LogP contribution in [-0.4, -0.2) is 35.0 Å². The van der Waals surface area contributed by atoms with E-state index in [0.717, 1.165) is 18.6 Å². The van der Waals surface area contributed by atoms with Gasteiger partial charge in [0.15, 0.2) is 0 Å². The Morgan fingerprint density at radius 1 is 1.53 bits per heavy atom. The summed E-state index contributed by atoms with van der Waals surface area (Å²) in [6.45, 7) is 1.94. The average molecular weight is 253 g/mol. The number of carbonyl (C=O) groups is 2. The van der Waals surface area contributed by atoms with E-state index in [1.54, 1.807) is 23.3 Å². The van der Waals surface area contributed by atoms with Crippen molar-refractivity contribution in [1.29, 1.82) is 0 Å². The number of carboxylic acid groups (broad SMARTS) is 1. The molecule has 0 saturated carbocycles. The Hall–Kier alpha value is -1.62. The number of nitrogens with zero attached hydrogens (tertiary/aromatic N) is 1. The second kappa shape index (κ2) is 6.20. The molecule has 92 valence electrons. The third-order valence-electron chi connectivity index (χ3n) is 2.45. The Bertz CT molecular complexity index is 411. The number of likely N-dealkylation sites (N-methyl/N-ethyl adjacent to an activating group) is 1. The molecule has 1 unspecified atom stereocenters. The maximum atomic E-state index is 11.6. The van der Waals surface area contributed by atoms with Crippen LogP contribution in [0.4, 0.5) is 0 Å². The van der Waals surface area contributed by atoms with Crippen molar-refractivity contribution in [2.24, 2.45) is 0 Å². The standard InChI is InChI=1S/C12H15NO3S/c1-9(8-10-4-3-7-17-10)13(2)11(14)5-6-12(15)16/h3-7,9H,8H2,1-2H3,(H,15,16). The molecule has 0 radical (unpaired) electrons. The Kier molecular flexibility index (Phi) is 4.90. The van der Waals surface area contributed by atoms with Gasteiger partial charge in [-0.1, -0.05) is 6.07 Å². The van der Waals surface area contributed by atoms with Gasteiger partial charge in [-0.05, 0) is 18.4 Å². The van der Waals surface area contributed by atoms with Crippen LogP contribution < -0.4 is 0 Å². The smallest absolute Gasteiger partial charge is 0.328 e. The summed E-state index contributed by atoms with van der Waals surface area (Å²) in [4.78, 5) is 24.6. The molecule has 0 aliphatic carbocycles. The summed E-state index contributed by atoms with van der Waals surface area (Å²) in [5.74, 6) is -1.41. The van der Waals surface area contributed by atoms with E-state index >= 15 is 0 Å². The van der Waals surface area contributed by atoms with E-state index in [1.807, 2.05) is 24.4 Å². The van der Waals surface area contributed by atoms with Crippen LogP contribution >= 0.6 is 11.3 Å². The molecule has 0 fully saturated rings.